The zero-order valence-corrected chi connectivity index (χ0v) is 11.1. The van der Waals surface area contributed by atoms with E-state index < -0.39 is 0 Å². The number of ether oxygens (including phenoxy) is 1. The molecule has 0 atom stereocenters. The fourth-order valence-corrected chi connectivity index (χ4v) is 2.29. The molecule has 0 bridgehead atoms. The molecule has 94 valence electrons. The number of nitrogens with one attached hydrogen (secondary N) is 1. The molecule has 0 amide bonds. The number of thioether (sulfide) groups is 1. The van der Waals surface area contributed by atoms with E-state index in [-0.39, 0.29) is 0 Å². The van der Waals surface area contributed by atoms with Gasteiger partial charge in [0.15, 0.2) is 0 Å². The van der Waals surface area contributed by atoms with Gasteiger partial charge in [0, 0.05) is 38.3 Å². The molecular formula is C13H20N2OS. The second kappa shape index (κ2) is 6.99. The molecule has 1 aromatic rings. The molecule has 0 aromatic carbocycles. The molecule has 0 unspecified atom stereocenters. The summed E-state index contributed by atoms with van der Waals surface area (Å²) in [6.45, 7) is 1.78. The first-order valence-electron chi connectivity index (χ1n) is 6.18. The van der Waals surface area contributed by atoms with E-state index in [9.17, 15) is 0 Å². The highest BCUT2D eigenvalue weighted by Crippen LogP contribution is 2.20. The summed E-state index contributed by atoms with van der Waals surface area (Å²) in [5.41, 5.74) is 1.28. The van der Waals surface area contributed by atoms with Crippen molar-refractivity contribution in [3.05, 3.63) is 23.9 Å². The summed E-state index contributed by atoms with van der Waals surface area (Å²) in [6.07, 6.45) is 5.73. The number of rotatable bonds is 8. The van der Waals surface area contributed by atoms with Crippen molar-refractivity contribution in [1.29, 1.82) is 0 Å². The van der Waals surface area contributed by atoms with E-state index in [2.05, 4.69) is 22.4 Å². The predicted molar refractivity (Wildman–Crippen MR) is 71.3 cm³/mol. The van der Waals surface area contributed by atoms with Gasteiger partial charge in [0.25, 0.3) is 0 Å². The van der Waals surface area contributed by atoms with Gasteiger partial charge in [-0.1, -0.05) is 6.07 Å². The fraction of sp³-hybridized carbons (Fsp3) is 0.615. The van der Waals surface area contributed by atoms with Crippen LogP contribution in [0.15, 0.2) is 23.4 Å². The SMILES string of the molecule is COCCCSc1ccc(CNC2CC2)cn1. The van der Waals surface area contributed by atoms with Crippen molar-refractivity contribution in [3.8, 4) is 0 Å². The van der Waals surface area contributed by atoms with Gasteiger partial charge in [0.2, 0.25) is 0 Å². The van der Waals surface area contributed by atoms with Crippen LogP contribution in [-0.4, -0.2) is 30.5 Å². The molecule has 1 aromatic heterocycles. The Labute approximate surface area is 107 Å². The molecule has 17 heavy (non-hydrogen) atoms. The summed E-state index contributed by atoms with van der Waals surface area (Å²) < 4.78 is 5.02. The van der Waals surface area contributed by atoms with E-state index in [0.717, 1.165) is 36.4 Å². The molecule has 1 N–H and O–H groups in total. The standard InChI is InChI=1S/C13H20N2OS/c1-16-7-2-8-17-13-6-3-11(10-15-13)9-14-12-4-5-12/h3,6,10,12,14H,2,4-5,7-9H2,1H3. The number of aromatic nitrogens is 1. The smallest absolute Gasteiger partial charge is 0.0960 e. The van der Waals surface area contributed by atoms with Gasteiger partial charge in [-0.2, -0.15) is 0 Å². The van der Waals surface area contributed by atoms with Gasteiger partial charge in [0.05, 0.1) is 5.03 Å². The lowest BCUT2D eigenvalue weighted by molar-refractivity contribution is 0.200. The summed E-state index contributed by atoms with van der Waals surface area (Å²) >= 11 is 1.79. The van der Waals surface area contributed by atoms with Crippen LogP contribution in [0, 0.1) is 0 Å². The Morgan fingerprint density at radius 2 is 2.35 bits per heavy atom. The Morgan fingerprint density at radius 3 is 3.00 bits per heavy atom. The monoisotopic (exact) mass is 252 g/mol. The van der Waals surface area contributed by atoms with E-state index in [1.807, 2.05) is 6.20 Å². The van der Waals surface area contributed by atoms with Gasteiger partial charge in [-0.25, -0.2) is 4.98 Å². The van der Waals surface area contributed by atoms with E-state index in [0.29, 0.717) is 0 Å². The van der Waals surface area contributed by atoms with Crippen molar-refractivity contribution >= 4 is 11.8 Å². The third-order valence-electron chi connectivity index (χ3n) is 2.71. The normalized spacial score (nSPS) is 15.1. The maximum Gasteiger partial charge on any atom is 0.0960 e. The lowest BCUT2D eigenvalue weighted by atomic mass is 10.3. The molecule has 1 heterocycles. The van der Waals surface area contributed by atoms with E-state index in [4.69, 9.17) is 4.74 Å². The topological polar surface area (TPSA) is 34.1 Å². The molecule has 0 aliphatic heterocycles. The van der Waals surface area contributed by atoms with E-state index in [1.54, 1.807) is 18.9 Å². The zero-order chi connectivity index (χ0) is 11.9. The summed E-state index contributed by atoms with van der Waals surface area (Å²) in [6, 6.07) is 5.04. The van der Waals surface area contributed by atoms with E-state index in [1.165, 1.54) is 18.4 Å². The zero-order valence-electron chi connectivity index (χ0n) is 10.3. The molecule has 1 aliphatic carbocycles. The third-order valence-corrected chi connectivity index (χ3v) is 3.74. The molecule has 1 aliphatic rings. The maximum atomic E-state index is 5.02. The Bertz CT molecular complexity index is 325. The largest absolute Gasteiger partial charge is 0.385 e. The molecule has 4 heteroatoms. The van der Waals surface area contributed by atoms with Crippen molar-refractivity contribution in [3.63, 3.8) is 0 Å². The van der Waals surface area contributed by atoms with Gasteiger partial charge >= 0.3 is 0 Å². The van der Waals surface area contributed by atoms with Crippen molar-refractivity contribution in [2.45, 2.75) is 36.9 Å². The number of methoxy groups -OCH3 is 1. The van der Waals surface area contributed by atoms with Crippen LogP contribution in [0.5, 0.6) is 0 Å². The highest BCUT2D eigenvalue weighted by molar-refractivity contribution is 7.99. The highest BCUT2D eigenvalue weighted by Gasteiger charge is 2.19. The lowest BCUT2D eigenvalue weighted by Gasteiger charge is -2.04. The highest BCUT2D eigenvalue weighted by atomic mass is 32.2. The average molecular weight is 252 g/mol. The van der Waals surface area contributed by atoms with Crippen molar-refractivity contribution < 1.29 is 4.74 Å². The van der Waals surface area contributed by atoms with Crippen molar-refractivity contribution in [2.24, 2.45) is 0 Å². The Kier molecular flexibility index (Phi) is 5.29. The molecule has 1 saturated carbocycles. The minimum absolute atomic E-state index is 0.762. The van der Waals surface area contributed by atoms with Crippen LogP contribution >= 0.6 is 11.8 Å². The molecule has 0 saturated heterocycles. The first-order valence-corrected chi connectivity index (χ1v) is 7.17. The van der Waals surface area contributed by atoms with Gasteiger partial charge in [-0.15, -0.1) is 11.8 Å². The van der Waals surface area contributed by atoms with Crippen LogP contribution in [-0.2, 0) is 11.3 Å². The number of hydrogen-bond donors (Lipinski definition) is 1. The summed E-state index contributed by atoms with van der Waals surface area (Å²) in [5, 5.41) is 4.60. The van der Waals surface area contributed by atoms with Crippen LogP contribution in [0.4, 0.5) is 0 Å². The molecule has 2 rings (SSSR count). The molecule has 3 nitrogen and oxygen atoms in total. The minimum Gasteiger partial charge on any atom is -0.385 e. The van der Waals surface area contributed by atoms with Gasteiger partial charge in [-0.05, 0) is 30.9 Å². The van der Waals surface area contributed by atoms with Crippen LogP contribution in [0.2, 0.25) is 0 Å². The lowest BCUT2D eigenvalue weighted by Crippen LogP contribution is -2.15. The van der Waals surface area contributed by atoms with Gasteiger partial charge in [-0.3, -0.25) is 0 Å². The Balaban J connectivity index is 1.68. The summed E-state index contributed by atoms with van der Waals surface area (Å²) in [7, 11) is 1.74. The second-order valence-corrected chi connectivity index (χ2v) is 5.47. The molecule has 0 spiro atoms. The maximum absolute atomic E-state index is 5.02. The predicted octanol–water partition coefficient (Wildman–Crippen LogP) is 2.46. The third kappa shape index (κ3) is 5.06. The summed E-state index contributed by atoms with van der Waals surface area (Å²) in [5.74, 6) is 1.07. The van der Waals surface area contributed by atoms with Crippen molar-refractivity contribution in [2.75, 3.05) is 19.5 Å². The van der Waals surface area contributed by atoms with Crippen LogP contribution < -0.4 is 5.32 Å². The van der Waals surface area contributed by atoms with Crippen molar-refractivity contribution in [1.82, 2.24) is 10.3 Å². The molecular weight excluding hydrogens is 232 g/mol. The second-order valence-electron chi connectivity index (χ2n) is 4.35. The van der Waals surface area contributed by atoms with Crippen LogP contribution in [0.1, 0.15) is 24.8 Å². The number of pyridine rings is 1. The Morgan fingerprint density at radius 1 is 1.47 bits per heavy atom. The van der Waals surface area contributed by atoms with E-state index >= 15 is 0 Å². The Hall–Kier alpha value is -0.580. The average Bonchev–Trinajstić information content (AvgIpc) is 3.18. The van der Waals surface area contributed by atoms with Crippen LogP contribution in [0.25, 0.3) is 0 Å². The van der Waals surface area contributed by atoms with Crippen LogP contribution in [0.3, 0.4) is 0 Å². The van der Waals surface area contributed by atoms with Gasteiger partial charge < -0.3 is 10.1 Å². The number of hydrogen-bond acceptors (Lipinski definition) is 4. The fourth-order valence-electron chi connectivity index (χ4n) is 1.53. The number of nitrogens with zero attached hydrogens (tertiary/aromatic N) is 1. The minimum atomic E-state index is 0.762. The molecule has 1 fully saturated rings. The first-order chi connectivity index (χ1) is 8.38. The first kappa shape index (κ1) is 12.9. The molecule has 0 radical (unpaired) electrons. The summed E-state index contributed by atoms with van der Waals surface area (Å²) in [4.78, 5) is 4.46. The quantitative estimate of drug-likeness (QED) is 0.569. The van der Waals surface area contributed by atoms with Gasteiger partial charge in [0.1, 0.15) is 0 Å².